The van der Waals surface area contributed by atoms with E-state index in [0.29, 0.717) is 0 Å². The number of nitrogens with zero attached hydrogens (tertiary/aromatic N) is 3. The molecule has 1 amide bonds. The van der Waals surface area contributed by atoms with E-state index in [9.17, 15) is 9.90 Å². The molecule has 2 fully saturated rings. The molecule has 0 spiro atoms. The first-order valence-electron chi connectivity index (χ1n) is 11.5. The first-order valence-corrected chi connectivity index (χ1v) is 11.5. The zero-order valence-electron chi connectivity index (χ0n) is 18.2. The molecular formula is C24H36N4O2. The average Bonchev–Trinajstić information content (AvgIpc) is 2.78. The number of nitrogens with one attached hydrogen (secondary N) is 1. The van der Waals surface area contributed by atoms with Gasteiger partial charge in [0.25, 0.3) is 0 Å². The second kappa shape index (κ2) is 11.3. The van der Waals surface area contributed by atoms with Crippen LogP contribution in [0.4, 0.5) is 5.69 Å². The summed E-state index contributed by atoms with van der Waals surface area (Å²) < 4.78 is 0. The number of aliphatic hydroxyl groups excluding tert-OH is 1. The van der Waals surface area contributed by atoms with Crippen LogP contribution in [0.15, 0.2) is 24.3 Å². The smallest absolute Gasteiger partial charge is 0.234 e. The number of carbonyl (C=O) groups is 1. The Morgan fingerprint density at radius 3 is 2.63 bits per heavy atom. The van der Waals surface area contributed by atoms with E-state index in [1.165, 1.54) is 24.9 Å². The highest BCUT2D eigenvalue weighted by Gasteiger charge is 2.24. The molecule has 0 radical (unpaired) electrons. The number of piperazine rings is 1. The van der Waals surface area contributed by atoms with Gasteiger partial charge in [-0.2, -0.15) is 5.26 Å². The summed E-state index contributed by atoms with van der Waals surface area (Å²) in [5, 5.41) is 21.7. The molecule has 1 aliphatic carbocycles. The van der Waals surface area contributed by atoms with Gasteiger partial charge in [-0.25, -0.2) is 0 Å². The van der Waals surface area contributed by atoms with Gasteiger partial charge in [0.05, 0.1) is 12.2 Å². The van der Waals surface area contributed by atoms with Crippen molar-refractivity contribution in [1.82, 2.24) is 10.2 Å². The monoisotopic (exact) mass is 412 g/mol. The highest BCUT2D eigenvalue weighted by Crippen LogP contribution is 2.28. The summed E-state index contributed by atoms with van der Waals surface area (Å²) in [6.07, 6.45) is 5.98. The molecule has 6 heteroatoms. The topological polar surface area (TPSA) is 79.6 Å². The molecule has 0 aromatic heterocycles. The molecule has 1 atom stereocenters. The molecule has 1 unspecified atom stereocenters. The van der Waals surface area contributed by atoms with Crippen LogP contribution in [-0.2, 0) is 4.79 Å². The van der Waals surface area contributed by atoms with Gasteiger partial charge in [-0.1, -0.05) is 19.1 Å². The molecule has 1 aromatic rings. The minimum Gasteiger partial charge on any atom is -0.388 e. The third kappa shape index (κ3) is 6.45. The van der Waals surface area contributed by atoms with Gasteiger partial charge < -0.3 is 15.3 Å². The lowest BCUT2D eigenvalue weighted by Crippen LogP contribution is -2.47. The van der Waals surface area contributed by atoms with Crippen molar-refractivity contribution in [3.63, 3.8) is 0 Å². The Bertz CT molecular complexity index is 716. The summed E-state index contributed by atoms with van der Waals surface area (Å²) in [5.41, 5.74) is 2.23. The molecule has 1 saturated heterocycles. The van der Waals surface area contributed by atoms with E-state index in [1.807, 2.05) is 19.1 Å². The Hall–Kier alpha value is -2.10. The van der Waals surface area contributed by atoms with Gasteiger partial charge in [0.2, 0.25) is 5.91 Å². The van der Waals surface area contributed by atoms with Crippen molar-refractivity contribution in [2.24, 2.45) is 5.92 Å². The number of amides is 1. The highest BCUT2D eigenvalue weighted by molar-refractivity contribution is 5.78. The number of nitriles is 1. The summed E-state index contributed by atoms with van der Waals surface area (Å²) in [4.78, 5) is 16.6. The van der Waals surface area contributed by atoms with Crippen molar-refractivity contribution in [2.75, 3.05) is 37.6 Å². The van der Waals surface area contributed by atoms with Crippen LogP contribution in [0.1, 0.15) is 63.5 Å². The van der Waals surface area contributed by atoms with Crippen LogP contribution in [-0.4, -0.2) is 54.7 Å². The molecule has 1 heterocycles. The normalized spacial score (nSPS) is 23.6. The molecule has 6 nitrogen and oxygen atoms in total. The molecule has 2 N–H and O–H groups in total. The zero-order chi connectivity index (χ0) is 21.3. The number of aliphatic hydroxyl groups is 1. The van der Waals surface area contributed by atoms with E-state index in [1.54, 1.807) is 0 Å². The summed E-state index contributed by atoms with van der Waals surface area (Å²) in [6.45, 7) is 7.39. The largest absolute Gasteiger partial charge is 0.388 e. The number of anilines is 1. The quantitative estimate of drug-likeness (QED) is 0.685. The van der Waals surface area contributed by atoms with Crippen molar-refractivity contribution in [3.05, 3.63) is 29.8 Å². The standard InChI is InChI=1S/C24H36N4O2/c1-2-23(29)20-4-3-5-22(18-20)28-16-14-27(15-17-28)13-11-19-6-8-21(9-7-19)26-24(30)10-12-25/h3-5,18-19,21,23,29H,2,6-11,13-17H2,1H3,(H,26,30). The molecule has 3 rings (SSSR count). The number of rotatable bonds is 8. The zero-order valence-corrected chi connectivity index (χ0v) is 18.2. The molecule has 0 bridgehead atoms. The number of hydrogen-bond donors (Lipinski definition) is 2. The van der Waals surface area contributed by atoms with Gasteiger partial charge in [-0.15, -0.1) is 0 Å². The van der Waals surface area contributed by atoms with Crippen molar-refractivity contribution < 1.29 is 9.90 Å². The van der Waals surface area contributed by atoms with E-state index >= 15 is 0 Å². The van der Waals surface area contributed by atoms with Gasteiger partial charge >= 0.3 is 0 Å². The van der Waals surface area contributed by atoms with Crippen LogP contribution in [0.25, 0.3) is 0 Å². The minimum atomic E-state index is -0.374. The van der Waals surface area contributed by atoms with Crippen molar-refractivity contribution in [1.29, 1.82) is 5.26 Å². The fraction of sp³-hybridized carbons (Fsp3) is 0.667. The molecule has 164 valence electrons. The average molecular weight is 413 g/mol. The molecule has 2 aliphatic rings. The molecule has 1 aromatic carbocycles. The second-order valence-corrected chi connectivity index (χ2v) is 8.76. The summed E-state index contributed by atoms with van der Waals surface area (Å²) in [7, 11) is 0. The Morgan fingerprint density at radius 2 is 1.97 bits per heavy atom. The summed E-state index contributed by atoms with van der Waals surface area (Å²) in [6, 6.07) is 10.5. The third-order valence-corrected chi connectivity index (χ3v) is 6.68. The summed E-state index contributed by atoms with van der Waals surface area (Å²) >= 11 is 0. The fourth-order valence-corrected chi connectivity index (χ4v) is 4.71. The van der Waals surface area contributed by atoms with Crippen LogP contribution in [0.2, 0.25) is 0 Å². The Kier molecular flexibility index (Phi) is 8.53. The fourth-order valence-electron chi connectivity index (χ4n) is 4.71. The lowest BCUT2D eigenvalue weighted by molar-refractivity contribution is -0.121. The number of carbonyl (C=O) groups excluding carboxylic acids is 1. The van der Waals surface area contributed by atoms with Crippen LogP contribution in [0.3, 0.4) is 0 Å². The summed E-state index contributed by atoms with van der Waals surface area (Å²) in [5.74, 6) is 0.618. The van der Waals surface area contributed by atoms with Gasteiger partial charge in [0.1, 0.15) is 6.42 Å². The van der Waals surface area contributed by atoms with Crippen LogP contribution in [0, 0.1) is 17.2 Å². The van der Waals surface area contributed by atoms with Crippen LogP contribution in [0.5, 0.6) is 0 Å². The maximum atomic E-state index is 11.6. The van der Waals surface area contributed by atoms with E-state index in [0.717, 1.165) is 63.5 Å². The van der Waals surface area contributed by atoms with Gasteiger partial charge in [0.15, 0.2) is 0 Å². The van der Waals surface area contributed by atoms with Gasteiger partial charge in [-0.05, 0) is 68.7 Å². The van der Waals surface area contributed by atoms with Gasteiger partial charge in [-0.3, -0.25) is 9.69 Å². The van der Waals surface area contributed by atoms with Crippen molar-refractivity contribution in [3.8, 4) is 6.07 Å². The third-order valence-electron chi connectivity index (χ3n) is 6.68. The Balaban J connectivity index is 1.36. The maximum absolute atomic E-state index is 11.6. The first kappa shape index (κ1) is 22.6. The predicted molar refractivity (Wildman–Crippen MR) is 119 cm³/mol. The number of benzene rings is 1. The molecule has 1 aliphatic heterocycles. The van der Waals surface area contributed by atoms with E-state index in [2.05, 4.69) is 33.3 Å². The first-order chi connectivity index (χ1) is 14.6. The highest BCUT2D eigenvalue weighted by atomic mass is 16.3. The predicted octanol–water partition coefficient (Wildman–Crippen LogP) is 3.23. The van der Waals surface area contributed by atoms with E-state index < -0.39 is 0 Å². The lowest BCUT2D eigenvalue weighted by atomic mass is 9.84. The molecule has 1 saturated carbocycles. The number of hydrogen-bond acceptors (Lipinski definition) is 5. The SMILES string of the molecule is CCC(O)c1cccc(N2CCN(CCC3CCC(NC(=O)CC#N)CC3)CC2)c1. The van der Waals surface area contributed by atoms with Crippen molar-refractivity contribution in [2.45, 2.75) is 64.0 Å². The Labute approximate surface area is 180 Å². The van der Waals surface area contributed by atoms with E-state index in [4.69, 9.17) is 5.26 Å². The van der Waals surface area contributed by atoms with Crippen LogP contribution >= 0.6 is 0 Å². The van der Waals surface area contributed by atoms with Crippen LogP contribution < -0.4 is 10.2 Å². The minimum absolute atomic E-state index is 0.0324. The van der Waals surface area contributed by atoms with Crippen molar-refractivity contribution >= 4 is 11.6 Å². The van der Waals surface area contributed by atoms with Gasteiger partial charge in [0, 0.05) is 37.9 Å². The molecule has 30 heavy (non-hydrogen) atoms. The molecular weight excluding hydrogens is 376 g/mol. The maximum Gasteiger partial charge on any atom is 0.234 e. The second-order valence-electron chi connectivity index (χ2n) is 8.76. The Morgan fingerprint density at radius 1 is 1.23 bits per heavy atom. The van der Waals surface area contributed by atoms with E-state index in [-0.39, 0.29) is 24.5 Å². The lowest BCUT2D eigenvalue weighted by Gasteiger charge is -2.37.